The molecule has 0 aliphatic rings. The summed E-state index contributed by atoms with van der Waals surface area (Å²) in [5, 5.41) is 20.8. The second-order valence-electron chi connectivity index (χ2n) is 10.6. The van der Waals surface area contributed by atoms with Gasteiger partial charge in [0.15, 0.2) is 0 Å². The smallest absolute Gasteiger partial charge is 0.128 e. The molecule has 0 radical (unpaired) electrons. The molecule has 5 aromatic carbocycles. The number of rotatable bonds is 8. The highest BCUT2D eigenvalue weighted by molar-refractivity contribution is 6.11. The molecule has 0 bridgehead atoms. The molecule has 45 heavy (non-hydrogen) atoms. The second kappa shape index (κ2) is 12.4. The third kappa shape index (κ3) is 5.67. The Bertz CT molecular complexity index is 2200. The van der Waals surface area contributed by atoms with Crippen LogP contribution in [0.4, 0.5) is 0 Å². The van der Waals surface area contributed by atoms with Gasteiger partial charge in [-0.2, -0.15) is 10.5 Å². The van der Waals surface area contributed by atoms with Gasteiger partial charge in [-0.3, -0.25) is 4.99 Å². The van der Waals surface area contributed by atoms with Gasteiger partial charge in [0, 0.05) is 21.9 Å². The molecule has 0 unspecified atom stereocenters. The molecule has 0 atom stereocenters. The molecule has 0 spiro atoms. The Morgan fingerprint density at radius 1 is 0.800 bits per heavy atom. The zero-order valence-corrected chi connectivity index (χ0v) is 24.6. The second-order valence-corrected chi connectivity index (χ2v) is 10.6. The Hall–Kier alpha value is -6.43. The Balaban J connectivity index is 1.48. The zero-order valence-electron chi connectivity index (χ0n) is 24.6. The fourth-order valence-corrected chi connectivity index (χ4v) is 5.63. The van der Waals surface area contributed by atoms with Crippen LogP contribution in [0, 0.1) is 22.7 Å². The first-order chi connectivity index (χ1) is 22.0. The number of aromatic nitrogens is 1. The van der Waals surface area contributed by atoms with Gasteiger partial charge >= 0.3 is 0 Å². The van der Waals surface area contributed by atoms with E-state index in [2.05, 4.69) is 60.2 Å². The molecular formula is C40H29N5. The summed E-state index contributed by atoms with van der Waals surface area (Å²) in [7, 11) is 0. The van der Waals surface area contributed by atoms with Gasteiger partial charge in [-0.25, -0.2) is 0 Å². The number of aliphatic imine (C=N–C) groups is 1. The van der Waals surface area contributed by atoms with Crippen LogP contribution < -0.4 is 5.73 Å². The molecule has 0 saturated carbocycles. The number of amidine groups is 1. The lowest BCUT2D eigenvalue weighted by atomic mass is 9.99. The van der Waals surface area contributed by atoms with Crippen LogP contribution in [0.25, 0.3) is 44.2 Å². The molecule has 5 nitrogen and oxygen atoms in total. The molecule has 5 heteroatoms. The molecule has 0 saturated heterocycles. The molecule has 0 aliphatic heterocycles. The van der Waals surface area contributed by atoms with Gasteiger partial charge in [0.1, 0.15) is 5.84 Å². The number of hydrogen-bond acceptors (Lipinski definition) is 3. The summed E-state index contributed by atoms with van der Waals surface area (Å²) in [6.07, 6.45) is 3.43. The number of benzene rings is 5. The van der Waals surface area contributed by atoms with Gasteiger partial charge in [0.25, 0.3) is 0 Å². The highest BCUT2D eigenvalue weighted by Gasteiger charge is 2.17. The van der Waals surface area contributed by atoms with Gasteiger partial charge in [-0.15, -0.1) is 0 Å². The molecule has 0 amide bonds. The normalized spacial score (nSPS) is 11.7. The molecule has 6 aromatic rings. The quantitative estimate of drug-likeness (QED) is 0.0845. The third-order valence-electron chi connectivity index (χ3n) is 7.83. The van der Waals surface area contributed by atoms with E-state index in [1.54, 1.807) is 12.2 Å². The van der Waals surface area contributed by atoms with Crippen molar-refractivity contribution in [3.8, 4) is 29.0 Å². The fraction of sp³-hybridized carbons (Fsp3) is 0.0250. The van der Waals surface area contributed by atoms with Crippen molar-refractivity contribution in [1.29, 1.82) is 10.5 Å². The summed E-state index contributed by atoms with van der Waals surface area (Å²) in [5.74, 6) is 0.389. The van der Waals surface area contributed by atoms with Crippen molar-refractivity contribution in [2.75, 3.05) is 0 Å². The van der Waals surface area contributed by atoms with E-state index in [4.69, 9.17) is 16.0 Å². The molecule has 6 rings (SSSR count). The highest BCUT2D eigenvalue weighted by Crippen LogP contribution is 2.34. The maximum atomic E-state index is 9.35. The number of fused-ring (bicyclic) bond motifs is 3. The molecule has 2 N–H and O–H groups in total. The van der Waals surface area contributed by atoms with E-state index in [-0.39, 0.29) is 0 Å². The van der Waals surface area contributed by atoms with Crippen molar-refractivity contribution < 1.29 is 0 Å². The SMILES string of the molecule is C=C/C(=C\C(=C)C#N)c1ccc(-n2c3ccccc3c3ccccc32)c(C(N)=NCc2cccc(-c3ccc(C#N)cc3)c2)c1. The van der Waals surface area contributed by atoms with E-state index >= 15 is 0 Å². The summed E-state index contributed by atoms with van der Waals surface area (Å²) in [6.45, 7) is 8.17. The number of nitrogens with zero attached hydrogens (tertiary/aromatic N) is 4. The van der Waals surface area contributed by atoms with Crippen LogP contribution in [0.1, 0.15) is 22.3 Å². The van der Waals surface area contributed by atoms with Gasteiger partial charge in [0.05, 0.1) is 41.0 Å². The summed E-state index contributed by atoms with van der Waals surface area (Å²) >= 11 is 0. The van der Waals surface area contributed by atoms with Crippen LogP contribution in [0.2, 0.25) is 0 Å². The Morgan fingerprint density at radius 3 is 2.13 bits per heavy atom. The van der Waals surface area contributed by atoms with Gasteiger partial charge in [0.2, 0.25) is 0 Å². The average Bonchev–Trinajstić information content (AvgIpc) is 3.43. The van der Waals surface area contributed by atoms with E-state index in [9.17, 15) is 5.26 Å². The van der Waals surface area contributed by atoms with Crippen LogP contribution >= 0.6 is 0 Å². The van der Waals surface area contributed by atoms with Crippen LogP contribution in [0.15, 0.2) is 151 Å². The van der Waals surface area contributed by atoms with Crippen molar-refractivity contribution in [2.45, 2.75) is 6.54 Å². The maximum absolute atomic E-state index is 9.35. The van der Waals surface area contributed by atoms with Crippen molar-refractivity contribution in [2.24, 2.45) is 10.7 Å². The first-order valence-electron chi connectivity index (χ1n) is 14.5. The van der Waals surface area contributed by atoms with E-state index in [1.165, 1.54) is 0 Å². The minimum absolute atomic E-state index is 0.335. The minimum Gasteiger partial charge on any atom is -0.383 e. The maximum Gasteiger partial charge on any atom is 0.128 e. The Labute approximate surface area is 262 Å². The van der Waals surface area contributed by atoms with Gasteiger partial charge < -0.3 is 10.3 Å². The van der Waals surface area contributed by atoms with E-state index < -0.39 is 0 Å². The number of allylic oxidation sites excluding steroid dienone is 4. The lowest BCUT2D eigenvalue weighted by Crippen LogP contribution is -2.17. The fourth-order valence-electron chi connectivity index (χ4n) is 5.63. The lowest BCUT2D eigenvalue weighted by Gasteiger charge is -2.16. The first-order valence-corrected chi connectivity index (χ1v) is 14.5. The molecular weight excluding hydrogens is 550 g/mol. The summed E-state index contributed by atoms with van der Waals surface area (Å²) in [5.41, 5.74) is 16.3. The Morgan fingerprint density at radius 2 is 1.49 bits per heavy atom. The lowest BCUT2D eigenvalue weighted by molar-refractivity contribution is 1.06. The highest BCUT2D eigenvalue weighted by atomic mass is 15.0. The Kier molecular flexibility index (Phi) is 7.92. The zero-order chi connectivity index (χ0) is 31.3. The first kappa shape index (κ1) is 28.7. The van der Waals surface area contributed by atoms with Crippen LogP contribution in [-0.4, -0.2) is 10.4 Å². The predicted molar refractivity (Wildman–Crippen MR) is 185 cm³/mol. The average molecular weight is 580 g/mol. The van der Waals surface area contributed by atoms with Crippen molar-refractivity contribution in [1.82, 2.24) is 4.57 Å². The molecule has 214 valence electrons. The van der Waals surface area contributed by atoms with E-state index in [0.29, 0.717) is 23.5 Å². The van der Waals surface area contributed by atoms with Crippen molar-refractivity contribution in [3.63, 3.8) is 0 Å². The topological polar surface area (TPSA) is 90.9 Å². The number of nitriles is 2. The largest absolute Gasteiger partial charge is 0.383 e. The molecule has 0 fully saturated rings. The summed E-state index contributed by atoms with van der Waals surface area (Å²) in [4.78, 5) is 4.88. The monoisotopic (exact) mass is 579 g/mol. The van der Waals surface area contributed by atoms with E-state index in [0.717, 1.165) is 60.9 Å². The number of nitrogens with two attached hydrogens (primary N) is 1. The number of para-hydroxylation sites is 2. The van der Waals surface area contributed by atoms with Crippen LogP contribution in [0.3, 0.4) is 0 Å². The molecule has 0 aliphatic carbocycles. The predicted octanol–water partition coefficient (Wildman–Crippen LogP) is 8.88. The third-order valence-corrected chi connectivity index (χ3v) is 7.83. The number of hydrogen-bond donors (Lipinski definition) is 1. The van der Waals surface area contributed by atoms with Crippen molar-refractivity contribution >= 4 is 33.2 Å². The van der Waals surface area contributed by atoms with Gasteiger partial charge in [-0.05, 0) is 76.4 Å². The molecule has 1 heterocycles. The molecule has 1 aromatic heterocycles. The van der Waals surface area contributed by atoms with Crippen LogP contribution in [-0.2, 0) is 6.54 Å². The van der Waals surface area contributed by atoms with Gasteiger partial charge in [-0.1, -0.05) is 92.0 Å². The standard InChI is InChI=1S/C40H29N5/c1-3-30(21-27(2)24-41)33-19-20-39(45-37-13-6-4-11-34(37)35-12-5-7-14-38(35)45)36(23-33)40(43)44-26-29-9-8-10-32(22-29)31-17-15-28(25-42)16-18-31/h3-23H,1-2,26H2,(H2,43,44)/b30-21+. The summed E-state index contributed by atoms with van der Waals surface area (Å²) in [6, 6.07) is 42.7. The van der Waals surface area contributed by atoms with Crippen LogP contribution in [0.5, 0.6) is 0 Å². The van der Waals surface area contributed by atoms with Crippen molar-refractivity contribution in [3.05, 3.63) is 168 Å². The van der Waals surface area contributed by atoms with E-state index in [1.807, 2.05) is 84.9 Å². The minimum atomic E-state index is 0.335. The summed E-state index contributed by atoms with van der Waals surface area (Å²) < 4.78 is 2.23.